The number of Topliss-reactive ketones (excluding diaryl/α,β-unsaturated/α-hetero) is 1. The molecule has 0 radical (unpaired) electrons. The number of imidazole rings is 1. The number of aryl methyl sites for hydroxylation is 2. The van der Waals surface area contributed by atoms with Gasteiger partial charge < -0.3 is 23.7 Å². The van der Waals surface area contributed by atoms with Gasteiger partial charge >= 0.3 is 18.2 Å². The number of fused-ring (bicyclic) bond motifs is 1. The maximum atomic E-state index is 14.2. The predicted molar refractivity (Wildman–Crippen MR) is 163 cm³/mol. The first-order valence-electron chi connectivity index (χ1n) is 14.9. The smallest absolute Gasteiger partial charge is 0.437 e. The van der Waals surface area contributed by atoms with Crippen LogP contribution in [0.1, 0.15) is 65.2 Å². The third kappa shape index (κ3) is 7.19. The van der Waals surface area contributed by atoms with Crippen LogP contribution in [-0.2, 0) is 37.5 Å². The predicted octanol–water partition coefficient (Wildman–Crippen LogP) is 5.88. The second-order valence-electron chi connectivity index (χ2n) is 12.4. The molecule has 254 valence electrons. The summed E-state index contributed by atoms with van der Waals surface area (Å²) in [7, 11) is 1.65. The van der Waals surface area contributed by atoms with Crippen LogP contribution >= 0.6 is 0 Å². The number of carbonyl (C=O) groups is 3. The molecule has 0 spiro atoms. The first kappa shape index (κ1) is 34.1. The van der Waals surface area contributed by atoms with Crippen molar-refractivity contribution in [3.05, 3.63) is 88.3 Å². The van der Waals surface area contributed by atoms with Gasteiger partial charge in [-0.3, -0.25) is 9.48 Å². The Hall–Kier alpha value is -5.21. The van der Waals surface area contributed by atoms with Crippen LogP contribution < -0.4 is 10.4 Å². The van der Waals surface area contributed by atoms with Crippen LogP contribution in [0.3, 0.4) is 0 Å². The molecule has 0 bridgehead atoms. The summed E-state index contributed by atoms with van der Waals surface area (Å²) in [5.74, 6) is -3.75. The highest BCUT2D eigenvalue weighted by atomic mass is 19.4. The van der Waals surface area contributed by atoms with Crippen molar-refractivity contribution >= 4 is 17.8 Å². The zero-order valence-corrected chi connectivity index (χ0v) is 26.8. The number of halogens is 4. The van der Waals surface area contributed by atoms with Crippen LogP contribution in [0.4, 0.5) is 22.4 Å². The van der Waals surface area contributed by atoms with Crippen LogP contribution in [0.2, 0.25) is 0 Å². The van der Waals surface area contributed by atoms with Crippen molar-refractivity contribution in [3.8, 4) is 16.9 Å². The fourth-order valence-electron chi connectivity index (χ4n) is 5.43. The average molecular weight is 672 g/mol. The second kappa shape index (κ2) is 12.8. The monoisotopic (exact) mass is 671 g/mol. The number of ketones is 1. The number of carbonyl (C=O) groups excluding carboxylic acids is 2. The first-order chi connectivity index (χ1) is 22.4. The van der Waals surface area contributed by atoms with E-state index in [1.165, 1.54) is 24.4 Å². The number of hydrogen-bond donors (Lipinski definition) is 1. The number of rotatable bonds is 7. The Balaban J connectivity index is 1.62. The molecule has 0 saturated heterocycles. The van der Waals surface area contributed by atoms with Crippen LogP contribution in [0.15, 0.2) is 53.9 Å². The quantitative estimate of drug-likeness (QED) is 0.243. The van der Waals surface area contributed by atoms with Crippen molar-refractivity contribution in [2.75, 3.05) is 6.61 Å². The Morgan fingerprint density at radius 2 is 1.79 bits per heavy atom. The number of carboxylic acid groups (broad SMARTS) is 1. The Bertz CT molecular complexity index is 1980. The average Bonchev–Trinajstić information content (AvgIpc) is 3.58. The lowest BCUT2D eigenvalue weighted by Gasteiger charge is -2.27. The van der Waals surface area contributed by atoms with Gasteiger partial charge in [-0.1, -0.05) is 6.07 Å². The number of aromatic carboxylic acids is 1. The molecule has 0 unspecified atom stereocenters. The number of nitrogens with zero attached hydrogens (tertiary/aromatic N) is 5. The summed E-state index contributed by atoms with van der Waals surface area (Å²) >= 11 is 0. The molecule has 5 rings (SSSR count). The molecule has 1 amide bonds. The molecule has 4 aromatic rings. The van der Waals surface area contributed by atoms with E-state index < -0.39 is 52.6 Å². The van der Waals surface area contributed by atoms with Gasteiger partial charge in [0.25, 0.3) is 0 Å². The van der Waals surface area contributed by atoms with Gasteiger partial charge in [0.05, 0.1) is 30.2 Å². The van der Waals surface area contributed by atoms with Gasteiger partial charge in [-0.2, -0.15) is 18.3 Å². The van der Waals surface area contributed by atoms with Crippen LogP contribution in [-0.4, -0.2) is 54.1 Å². The minimum absolute atomic E-state index is 0.00145. The Labute approximate surface area is 272 Å². The van der Waals surface area contributed by atoms with E-state index in [1.807, 2.05) is 0 Å². The molecule has 48 heavy (non-hydrogen) atoms. The van der Waals surface area contributed by atoms with Crippen LogP contribution in [0, 0.1) is 11.7 Å². The topological polar surface area (TPSA) is 130 Å². The van der Waals surface area contributed by atoms with E-state index in [0.717, 1.165) is 16.8 Å². The molecule has 11 nitrogen and oxygen atoms in total. The molecule has 1 atom stereocenters. The van der Waals surface area contributed by atoms with Crippen LogP contribution in [0.5, 0.6) is 5.75 Å². The molecule has 2 aromatic carbocycles. The van der Waals surface area contributed by atoms with E-state index in [1.54, 1.807) is 56.3 Å². The highest BCUT2D eigenvalue weighted by molar-refractivity contribution is 6.04. The van der Waals surface area contributed by atoms with E-state index in [-0.39, 0.29) is 54.2 Å². The SMILES string of the molecule is CCn1cc(-c2cc(Cn3ccn(C)/c3=N\C(=O)OC(C)(C)C)cc3c2OC[C@H](Cc2ccc(F)c(C(=O)O)c2)C3=O)c(C(F)(F)F)n1. The lowest BCUT2D eigenvalue weighted by atomic mass is 9.86. The van der Waals surface area contributed by atoms with Crippen molar-refractivity contribution in [2.45, 2.75) is 59.0 Å². The fraction of sp³-hybridized carbons (Fsp3) is 0.364. The summed E-state index contributed by atoms with van der Waals surface area (Å²) in [5, 5.41) is 13.1. The highest BCUT2D eigenvalue weighted by Crippen LogP contribution is 2.44. The molecule has 3 heterocycles. The highest BCUT2D eigenvalue weighted by Gasteiger charge is 2.40. The largest absolute Gasteiger partial charge is 0.491 e. The molecule has 1 N–H and O–H groups in total. The molecule has 0 aliphatic carbocycles. The molecule has 0 fully saturated rings. The minimum atomic E-state index is -4.82. The Kier molecular flexibility index (Phi) is 9.08. The molecular weight excluding hydrogens is 638 g/mol. The van der Waals surface area contributed by atoms with Crippen molar-refractivity contribution in [3.63, 3.8) is 0 Å². The van der Waals surface area contributed by atoms with E-state index in [9.17, 15) is 37.1 Å². The molecule has 2 aromatic heterocycles. The number of carboxylic acids is 1. The zero-order valence-electron chi connectivity index (χ0n) is 26.8. The molecule has 1 aliphatic rings. The maximum absolute atomic E-state index is 14.2. The normalized spacial score (nSPS) is 15.3. The third-order valence-electron chi connectivity index (χ3n) is 7.58. The number of amides is 1. The zero-order chi connectivity index (χ0) is 35.1. The summed E-state index contributed by atoms with van der Waals surface area (Å²) in [6.45, 7) is 6.64. The van der Waals surface area contributed by atoms with Crippen molar-refractivity contribution in [1.29, 1.82) is 0 Å². The molecule has 0 saturated carbocycles. The summed E-state index contributed by atoms with van der Waals surface area (Å²) in [6, 6.07) is 6.49. The molecular formula is C33H33F4N5O6. The summed E-state index contributed by atoms with van der Waals surface area (Å²) in [4.78, 5) is 42.1. The van der Waals surface area contributed by atoms with Crippen molar-refractivity contribution in [1.82, 2.24) is 18.9 Å². The molecule has 15 heteroatoms. The van der Waals surface area contributed by atoms with E-state index in [0.29, 0.717) is 11.1 Å². The summed E-state index contributed by atoms with van der Waals surface area (Å²) in [6.07, 6.45) is -1.18. The van der Waals surface area contributed by atoms with Gasteiger partial charge in [-0.05, 0) is 69.5 Å². The van der Waals surface area contributed by atoms with Crippen LogP contribution in [0.25, 0.3) is 11.1 Å². The number of benzene rings is 2. The standard InChI is InChI=1S/C33H33F4N5O6/c1-6-42-16-24(28(39-42)33(35,36)37)21-13-19(15-41-10-9-40(5)30(41)38-31(46)48-32(2,3)4)14-23-26(43)20(17-47-27(21)23)11-18-7-8-25(34)22(12-18)29(44)45/h7-10,12-14,16,20H,6,11,15,17H2,1-5H3,(H,44,45)/b38-30+/t20-/m0/s1. The van der Waals surface area contributed by atoms with Gasteiger partial charge in [0, 0.05) is 43.3 Å². The summed E-state index contributed by atoms with van der Waals surface area (Å²) < 4.78 is 72.4. The number of alkyl halides is 3. The van der Waals surface area contributed by atoms with Gasteiger partial charge in [0.2, 0.25) is 5.62 Å². The number of aromatic nitrogens is 4. The maximum Gasteiger partial charge on any atom is 0.437 e. The summed E-state index contributed by atoms with van der Waals surface area (Å²) in [5.41, 5.74) is -1.83. The van der Waals surface area contributed by atoms with Crippen molar-refractivity contribution in [2.24, 2.45) is 18.0 Å². The fourth-order valence-corrected chi connectivity index (χ4v) is 5.43. The van der Waals surface area contributed by atoms with Gasteiger partial charge in [-0.15, -0.1) is 4.99 Å². The lowest BCUT2D eigenvalue weighted by Crippen LogP contribution is -2.31. The van der Waals surface area contributed by atoms with Crippen molar-refractivity contribution < 1.29 is 46.5 Å². The minimum Gasteiger partial charge on any atom is -0.491 e. The van der Waals surface area contributed by atoms with E-state index in [2.05, 4.69) is 10.1 Å². The van der Waals surface area contributed by atoms with E-state index >= 15 is 0 Å². The van der Waals surface area contributed by atoms with Gasteiger partial charge in [0.15, 0.2) is 11.5 Å². The first-order valence-corrected chi connectivity index (χ1v) is 14.9. The second-order valence-corrected chi connectivity index (χ2v) is 12.4. The Morgan fingerprint density at radius 3 is 2.44 bits per heavy atom. The Morgan fingerprint density at radius 1 is 1.08 bits per heavy atom. The van der Waals surface area contributed by atoms with Gasteiger partial charge in [-0.25, -0.2) is 14.0 Å². The van der Waals surface area contributed by atoms with Gasteiger partial charge in [0.1, 0.15) is 17.2 Å². The molecule has 1 aliphatic heterocycles. The third-order valence-corrected chi connectivity index (χ3v) is 7.58. The van der Waals surface area contributed by atoms with E-state index in [4.69, 9.17) is 9.47 Å². The number of ether oxygens (including phenoxy) is 2. The number of hydrogen-bond acceptors (Lipinski definition) is 6. The lowest BCUT2D eigenvalue weighted by molar-refractivity contribution is -0.141.